The lowest BCUT2D eigenvalue weighted by atomic mass is 10.2. The summed E-state index contributed by atoms with van der Waals surface area (Å²) in [6.45, 7) is 8.31. The molecule has 0 amide bonds. The molecule has 7 heteroatoms. The van der Waals surface area contributed by atoms with Gasteiger partial charge in [-0.25, -0.2) is 9.97 Å². The number of ether oxygens (including phenoxy) is 1. The smallest absolute Gasteiger partial charge is 0.163 e. The first-order chi connectivity index (χ1) is 12.7. The van der Waals surface area contributed by atoms with Crippen LogP contribution in [0, 0.1) is 0 Å². The molecule has 7 nitrogen and oxygen atoms in total. The Morgan fingerprint density at radius 1 is 1.15 bits per heavy atom. The quantitative estimate of drug-likeness (QED) is 0.815. The molecule has 0 aliphatic carbocycles. The van der Waals surface area contributed by atoms with Crippen LogP contribution in [0.4, 0.5) is 5.82 Å². The molecule has 2 aliphatic rings. The van der Waals surface area contributed by atoms with Crippen LogP contribution in [-0.4, -0.2) is 70.1 Å². The van der Waals surface area contributed by atoms with Crippen LogP contribution in [0.15, 0.2) is 6.20 Å². The van der Waals surface area contributed by atoms with Gasteiger partial charge in [0.05, 0.1) is 17.7 Å². The summed E-state index contributed by atoms with van der Waals surface area (Å²) < 4.78 is 8.02. The van der Waals surface area contributed by atoms with Crippen molar-refractivity contribution in [3.8, 4) is 0 Å². The lowest BCUT2D eigenvalue weighted by Gasteiger charge is -2.28. The third-order valence-corrected chi connectivity index (χ3v) is 5.40. The molecule has 1 atom stereocenters. The molecule has 2 saturated heterocycles. The Bertz CT molecular complexity index is 739. The maximum atomic E-state index is 6.16. The summed E-state index contributed by atoms with van der Waals surface area (Å²) in [6.07, 6.45) is 7.76. The summed E-state index contributed by atoms with van der Waals surface area (Å²) in [5, 5.41) is 5.48. The normalized spacial score (nSPS) is 22.2. The molecule has 0 N–H and O–H groups in total. The van der Waals surface area contributed by atoms with Gasteiger partial charge >= 0.3 is 0 Å². The number of likely N-dealkylation sites (tertiary alicyclic amines) is 1. The van der Waals surface area contributed by atoms with Crippen molar-refractivity contribution in [3.63, 3.8) is 0 Å². The molecule has 0 unspecified atom stereocenters. The van der Waals surface area contributed by atoms with E-state index in [1.807, 2.05) is 17.9 Å². The fourth-order valence-corrected chi connectivity index (χ4v) is 4.08. The molecule has 4 rings (SSSR count). The van der Waals surface area contributed by atoms with Crippen LogP contribution in [0.2, 0.25) is 0 Å². The SMILES string of the molecule is CCCc1nc(N2CCCO[C@H](CN3CCCC3)C2)c2cnn(C)c2n1. The molecule has 2 aliphatic heterocycles. The highest BCUT2D eigenvalue weighted by atomic mass is 16.5. The van der Waals surface area contributed by atoms with Crippen molar-refractivity contribution in [2.24, 2.45) is 7.05 Å². The second-order valence-electron chi connectivity index (χ2n) is 7.52. The van der Waals surface area contributed by atoms with Crippen LogP contribution in [0.5, 0.6) is 0 Å². The van der Waals surface area contributed by atoms with E-state index in [2.05, 4.69) is 21.8 Å². The van der Waals surface area contributed by atoms with Crippen LogP contribution in [0.3, 0.4) is 0 Å². The van der Waals surface area contributed by atoms with Gasteiger partial charge in [0.2, 0.25) is 0 Å². The van der Waals surface area contributed by atoms with Gasteiger partial charge in [-0.05, 0) is 38.8 Å². The highest BCUT2D eigenvalue weighted by Gasteiger charge is 2.25. The van der Waals surface area contributed by atoms with E-state index in [1.54, 1.807) is 0 Å². The molecule has 2 aromatic heterocycles. The molecule has 2 aromatic rings. The lowest BCUT2D eigenvalue weighted by molar-refractivity contribution is 0.0450. The minimum Gasteiger partial charge on any atom is -0.375 e. The first kappa shape index (κ1) is 17.7. The van der Waals surface area contributed by atoms with E-state index in [-0.39, 0.29) is 6.10 Å². The zero-order valence-corrected chi connectivity index (χ0v) is 16.0. The van der Waals surface area contributed by atoms with Gasteiger partial charge in [-0.15, -0.1) is 0 Å². The van der Waals surface area contributed by atoms with E-state index in [1.165, 1.54) is 25.9 Å². The average molecular weight is 358 g/mol. The van der Waals surface area contributed by atoms with Crippen molar-refractivity contribution < 1.29 is 4.74 Å². The Hall–Kier alpha value is -1.73. The fourth-order valence-electron chi connectivity index (χ4n) is 4.08. The molecular formula is C19H30N6O. The van der Waals surface area contributed by atoms with Crippen LogP contribution in [0.25, 0.3) is 11.0 Å². The Balaban J connectivity index is 1.61. The molecule has 0 bridgehead atoms. The van der Waals surface area contributed by atoms with Crippen LogP contribution in [-0.2, 0) is 18.2 Å². The summed E-state index contributed by atoms with van der Waals surface area (Å²) >= 11 is 0. The van der Waals surface area contributed by atoms with Gasteiger partial charge in [0.25, 0.3) is 0 Å². The van der Waals surface area contributed by atoms with E-state index >= 15 is 0 Å². The van der Waals surface area contributed by atoms with Crippen molar-refractivity contribution in [1.29, 1.82) is 0 Å². The number of anilines is 1. The Morgan fingerprint density at radius 2 is 2.00 bits per heavy atom. The van der Waals surface area contributed by atoms with E-state index in [0.717, 1.165) is 68.2 Å². The summed E-state index contributed by atoms with van der Waals surface area (Å²) in [4.78, 5) is 14.6. The minimum atomic E-state index is 0.243. The highest BCUT2D eigenvalue weighted by Crippen LogP contribution is 2.26. The first-order valence-electron chi connectivity index (χ1n) is 10.0. The largest absolute Gasteiger partial charge is 0.375 e. The number of aryl methyl sites for hydroxylation is 2. The molecule has 142 valence electrons. The van der Waals surface area contributed by atoms with E-state index in [9.17, 15) is 0 Å². The predicted octanol–water partition coefficient (Wildman–Crippen LogP) is 2.01. The van der Waals surface area contributed by atoms with Crippen molar-refractivity contribution in [3.05, 3.63) is 12.0 Å². The molecule has 0 radical (unpaired) electrons. The zero-order valence-electron chi connectivity index (χ0n) is 16.0. The number of aromatic nitrogens is 4. The van der Waals surface area contributed by atoms with Crippen molar-refractivity contribution in [1.82, 2.24) is 24.6 Å². The number of hydrogen-bond acceptors (Lipinski definition) is 6. The average Bonchev–Trinajstić information content (AvgIpc) is 3.20. The Labute approximate surface area is 155 Å². The topological polar surface area (TPSA) is 59.3 Å². The van der Waals surface area contributed by atoms with E-state index in [4.69, 9.17) is 14.7 Å². The maximum Gasteiger partial charge on any atom is 0.163 e. The summed E-state index contributed by atoms with van der Waals surface area (Å²) in [7, 11) is 1.95. The van der Waals surface area contributed by atoms with Crippen molar-refractivity contribution in [2.75, 3.05) is 44.2 Å². The monoisotopic (exact) mass is 358 g/mol. The number of hydrogen-bond donors (Lipinski definition) is 0. The molecular weight excluding hydrogens is 328 g/mol. The summed E-state index contributed by atoms with van der Waals surface area (Å²) in [5.41, 5.74) is 0.930. The van der Waals surface area contributed by atoms with Crippen molar-refractivity contribution in [2.45, 2.75) is 45.1 Å². The van der Waals surface area contributed by atoms with Crippen molar-refractivity contribution >= 4 is 16.9 Å². The Morgan fingerprint density at radius 3 is 2.81 bits per heavy atom. The Kier molecular flexibility index (Phi) is 5.36. The lowest BCUT2D eigenvalue weighted by Crippen LogP contribution is -2.39. The van der Waals surface area contributed by atoms with Gasteiger partial charge in [0.15, 0.2) is 5.65 Å². The molecule has 4 heterocycles. The number of fused-ring (bicyclic) bond motifs is 1. The number of nitrogens with zero attached hydrogens (tertiary/aromatic N) is 6. The van der Waals surface area contributed by atoms with E-state index in [0.29, 0.717) is 0 Å². The third-order valence-electron chi connectivity index (χ3n) is 5.40. The van der Waals surface area contributed by atoms with Crippen LogP contribution < -0.4 is 4.90 Å². The molecule has 0 aromatic carbocycles. The zero-order chi connectivity index (χ0) is 17.9. The van der Waals surface area contributed by atoms with Gasteiger partial charge in [-0.2, -0.15) is 5.10 Å². The van der Waals surface area contributed by atoms with Gasteiger partial charge in [-0.3, -0.25) is 4.68 Å². The minimum absolute atomic E-state index is 0.243. The summed E-state index contributed by atoms with van der Waals surface area (Å²) in [5.74, 6) is 1.95. The molecule has 2 fully saturated rings. The molecule has 0 spiro atoms. The summed E-state index contributed by atoms with van der Waals surface area (Å²) in [6, 6.07) is 0. The maximum absolute atomic E-state index is 6.16. The van der Waals surface area contributed by atoms with Gasteiger partial charge in [0, 0.05) is 39.7 Å². The predicted molar refractivity (Wildman–Crippen MR) is 103 cm³/mol. The highest BCUT2D eigenvalue weighted by molar-refractivity contribution is 5.87. The molecule has 0 saturated carbocycles. The van der Waals surface area contributed by atoms with Gasteiger partial charge < -0.3 is 14.5 Å². The fraction of sp³-hybridized carbons (Fsp3) is 0.737. The second kappa shape index (κ2) is 7.88. The second-order valence-corrected chi connectivity index (χ2v) is 7.52. The van der Waals surface area contributed by atoms with Crippen LogP contribution >= 0.6 is 0 Å². The van der Waals surface area contributed by atoms with Crippen LogP contribution in [0.1, 0.15) is 38.4 Å². The molecule has 26 heavy (non-hydrogen) atoms. The number of rotatable bonds is 5. The third kappa shape index (κ3) is 3.69. The van der Waals surface area contributed by atoms with E-state index < -0.39 is 0 Å². The van der Waals surface area contributed by atoms with Gasteiger partial charge in [-0.1, -0.05) is 6.92 Å². The standard InChI is InChI=1S/C19H30N6O/c1-3-7-17-21-18-16(12-20-23(18)2)19(22-17)25-10-6-11-26-15(14-25)13-24-8-4-5-9-24/h12,15H,3-11,13-14H2,1-2H3/t15-/m1/s1. The van der Waals surface area contributed by atoms with Gasteiger partial charge in [0.1, 0.15) is 11.6 Å². The first-order valence-corrected chi connectivity index (χ1v) is 10.0.